The summed E-state index contributed by atoms with van der Waals surface area (Å²) in [6.45, 7) is 11.7. The Bertz CT molecular complexity index is 776. The highest BCUT2D eigenvalue weighted by Gasteiger charge is 2.44. The van der Waals surface area contributed by atoms with Gasteiger partial charge in [0.2, 0.25) is 5.91 Å². The second-order valence-electron chi connectivity index (χ2n) is 11.3. The van der Waals surface area contributed by atoms with Crippen LogP contribution in [0.1, 0.15) is 58.9 Å². The van der Waals surface area contributed by atoms with Gasteiger partial charge in [-0.1, -0.05) is 58.0 Å². The van der Waals surface area contributed by atoms with E-state index in [2.05, 4.69) is 62.2 Å². The number of carboxylic acid groups (broad SMARTS) is 1. The van der Waals surface area contributed by atoms with Gasteiger partial charge in [-0.25, -0.2) is 4.79 Å². The van der Waals surface area contributed by atoms with Crippen LogP contribution >= 0.6 is 0 Å². The van der Waals surface area contributed by atoms with Crippen molar-refractivity contribution in [2.75, 3.05) is 20.1 Å². The predicted octanol–water partition coefficient (Wildman–Crippen LogP) is 4.45. The van der Waals surface area contributed by atoms with Gasteiger partial charge in [0.15, 0.2) is 0 Å². The number of hydrogen-bond acceptors (Lipinski definition) is 3. The lowest BCUT2D eigenvalue weighted by atomic mass is 9.82. The van der Waals surface area contributed by atoms with Crippen LogP contribution in [-0.4, -0.2) is 59.1 Å². The maximum Gasteiger partial charge on any atom is 0.407 e. The van der Waals surface area contributed by atoms with E-state index in [-0.39, 0.29) is 23.3 Å². The van der Waals surface area contributed by atoms with Crippen LogP contribution < -0.4 is 5.32 Å². The van der Waals surface area contributed by atoms with Crippen LogP contribution in [0.4, 0.5) is 4.79 Å². The first-order valence-corrected chi connectivity index (χ1v) is 12.1. The number of carbonyl (C=O) groups is 2. The quantitative estimate of drug-likeness (QED) is 0.622. The first-order chi connectivity index (χ1) is 15.0. The Labute approximate surface area is 193 Å². The minimum absolute atomic E-state index is 0.135. The van der Waals surface area contributed by atoms with Crippen molar-refractivity contribution in [1.82, 2.24) is 15.1 Å². The van der Waals surface area contributed by atoms with Gasteiger partial charge in [0.1, 0.15) is 6.04 Å². The maximum absolute atomic E-state index is 13.3. The SMILES string of the molecule is C[C@@H](CC(C(=O)N[C@@H]1CC[C@@H]2CN(Cc3ccccc3)C[C@@H]21)N(C)C(=O)O)CC(C)(C)C. The molecule has 1 saturated heterocycles. The Kier molecular flexibility index (Phi) is 7.86. The summed E-state index contributed by atoms with van der Waals surface area (Å²) in [7, 11) is 1.52. The van der Waals surface area contributed by atoms with E-state index in [0.717, 1.165) is 38.9 Å². The Morgan fingerprint density at radius 3 is 2.50 bits per heavy atom. The normalized spacial score (nSPS) is 25.2. The van der Waals surface area contributed by atoms with Crippen LogP contribution in [0, 0.1) is 23.2 Å². The fourth-order valence-corrected chi connectivity index (χ4v) is 5.87. The third kappa shape index (κ3) is 6.47. The molecule has 1 aromatic rings. The monoisotopic (exact) mass is 443 g/mol. The number of hydrogen-bond donors (Lipinski definition) is 2. The number of carbonyl (C=O) groups excluding carboxylic acids is 1. The molecule has 2 N–H and O–H groups in total. The van der Waals surface area contributed by atoms with Gasteiger partial charge < -0.3 is 10.4 Å². The number of nitrogens with one attached hydrogen (secondary N) is 1. The largest absolute Gasteiger partial charge is 0.465 e. The molecule has 32 heavy (non-hydrogen) atoms. The van der Waals surface area contributed by atoms with Crippen molar-refractivity contribution in [3.63, 3.8) is 0 Å². The summed E-state index contributed by atoms with van der Waals surface area (Å²) in [5.41, 5.74) is 1.47. The van der Waals surface area contributed by atoms with Crippen LogP contribution in [0.5, 0.6) is 0 Å². The smallest absolute Gasteiger partial charge is 0.407 e. The van der Waals surface area contributed by atoms with E-state index in [1.165, 1.54) is 17.5 Å². The van der Waals surface area contributed by atoms with E-state index >= 15 is 0 Å². The molecule has 1 saturated carbocycles. The lowest BCUT2D eigenvalue weighted by Crippen LogP contribution is -2.52. The minimum Gasteiger partial charge on any atom is -0.465 e. The minimum atomic E-state index is -1.05. The summed E-state index contributed by atoms with van der Waals surface area (Å²) >= 11 is 0. The zero-order valence-electron chi connectivity index (χ0n) is 20.4. The third-order valence-corrected chi connectivity index (χ3v) is 7.17. The van der Waals surface area contributed by atoms with Crippen LogP contribution in [-0.2, 0) is 11.3 Å². The summed E-state index contributed by atoms with van der Waals surface area (Å²) in [6.07, 6.45) is 2.56. The van der Waals surface area contributed by atoms with Gasteiger partial charge in [-0.15, -0.1) is 0 Å². The molecule has 2 aliphatic rings. The number of benzene rings is 1. The van der Waals surface area contributed by atoms with Crippen molar-refractivity contribution in [1.29, 1.82) is 0 Å². The summed E-state index contributed by atoms with van der Waals surface area (Å²) in [4.78, 5) is 28.7. The number of fused-ring (bicyclic) bond motifs is 1. The number of likely N-dealkylation sites (N-methyl/N-ethyl adjacent to an activating group) is 1. The van der Waals surface area contributed by atoms with Gasteiger partial charge in [0, 0.05) is 32.7 Å². The maximum atomic E-state index is 13.3. The Balaban J connectivity index is 1.61. The molecular weight excluding hydrogens is 402 g/mol. The molecule has 1 aromatic carbocycles. The molecule has 2 fully saturated rings. The van der Waals surface area contributed by atoms with Gasteiger partial charge in [0.25, 0.3) is 0 Å². The molecular formula is C26H41N3O3. The number of likely N-dealkylation sites (tertiary alicyclic amines) is 1. The molecule has 1 aliphatic heterocycles. The average molecular weight is 444 g/mol. The Morgan fingerprint density at radius 2 is 1.88 bits per heavy atom. The molecule has 1 aliphatic carbocycles. The molecule has 6 nitrogen and oxygen atoms in total. The first-order valence-electron chi connectivity index (χ1n) is 12.1. The molecule has 0 bridgehead atoms. The molecule has 178 valence electrons. The molecule has 0 spiro atoms. The fraction of sp³-hybridized carbons (Fsp3) is 0.692. The van der Waals surface area contributed by atoms with Gasteiger partial charge in [0.05, 0.1) is 0 Å². The van der Waals surface area contributed by atoms with Crippen LogP contribution in [0.3, 0.4) is 0 Å². The van der Waals surface area contributed by atoms with Gasteiger partial charge in [-0.05, 0) is 54.4 Å². The molecule has 3 rings (SSSR count). The van der Waals surface area contributed by atoms with E-state index in [1.54, 1.807) is 0 Å². The number of rotatable bonds is 8. The Hall–Kier alpha value is -2.08. The lowest BCUT2D eigenvalue weighted by Gasteiger charge is -2.31. The average Bonchev–Trinajstić information content (AvgIpc) is 3.26. The fourth-order valence-electron chi connectivity index (χ4n) is 5.87. The van der Waals surface area contributed by atoms with Crippen molar-refractivity contribution in [3.05, 3.63) is 35.9 Å². The molecule has 6 heteroatoms. The summed E-state index contributed by atoms with van der Waals surface area (Å²) in [6, 6.07) is 10.0. The van der Waals surface area contributed by atoms with Crippen molar-refractivity contribution < 1.29 is 14.7 Å². The number of nitrogens with zero attached hydrogens (tertiary/aromatic N) is 2. The standard InChI is InChI=1S/C26H41N3O3/c1-18(14-26(2,3)4)13-23(28(5)25(31)32)24(30)27-22-12-11-20-16-29(17-21(20)22)15-19-9-7-6-8-10-19/h6-10,18,20-23H,11-17H2,1-5H3,(H,27,30)(H,31,32)/t18-,20+,21-,22+,23?/m0/s1. The van der Waals surface area contributed by atoms with E-state index in [4.69, 9.17) is 0 Å². The van der Waals surface area contributed by atoms with Crippen molar-refractivity contribution in [3.8, 4) is 0 Å². The third-order valence-electron chi connectivity index (χ3n) is 7.17. The Morgan fingerprint density at radius 1 is 1.19 bits per heavy atom. The van der Waals surface area contributed by atoms with Crippen LogP contribution in [0.25, 0.3) is 0 Å². The zero-order chi connectivity index (χ0) is 23.5. The predicted molar refractivity (Wildman–Crippen MR) is 127 cm³/mol. The molecule has 5 atom stereocenters. The van der Waals surface area contributed by atoms with Crippen molar-refractivity contribution >= 4 is 12.0 Å². The van der Waals surface area contributed by atoms with E-state index in [0.29, 0.717) is 18.3 Å². The molecule has 0 aromatic heterocycles. The first kappa shape index (κ1) is 24.6. The van der Waals surface area contributed by atoms with Gasteiger partial charge in [-0.2, -0.15) is 0 Å². The van der Waals surface area contributed by atoms with E-state index in [1.807, 2.05) is 6.07 Å². The topological polar surface area (TPSA) is 72.9 Å². The lowest BCUT2D eigenvalue weighted by molar-refractivity contribution is -0.127. The summed E-state index contributed by atoms with van der Waals surface area (Å²) in [5.74, 6) is 1.18. The molecule has 1 unspecified atom stereocenters. The molecule has 2 amide bonds. The van der Waals surface area contributed by atoms with Gasteiger partial charge in [-0.3, -0.25) is 14.6 Å². The van der Waals surface area contributed by atoms with Crippen LogP contribution in [0.2, 0.25) is 0 Å². The van der Waals surface area contributed by atoms with E-state index in [9.17, 15) is 14.7 Å². The highest BCUT2D eigenvalue weighted by Crippen LogP contribution is 2.39. The second kappa shape index (κ2) is 10.2. The summed E-state index contributed by atoms with van der Waals surface area (Å²) in [5, 5.41) is 12.8. The van der Waals surface area contributed by atoms with Crippen molar-refractivity contribution in [2.24, 2.45) is 23.2 Å². The van der Waals surface area contributed by atoms with Crippen molar-refractivity contribution in [2.45, 2.75) is 72.0 Å². The molecule has 0 radical (unpaired) electrons. The highest BCUT2D eigenvalue weighted by atomic mass is 16.4. The number of amides is 2. The second-order valence-corrected chi connectivity index (χ2v) is 11.3. The highest BCUT2D eigenvalue weighted by molar-refractivity contribution is 5.85. The zero-order valence-corrected chi connectivity index (χ0v) is 20.4. The summed E-state index contributed by atoms with van der Waals surface area (Å²) < 4.78 is 0. The van der Waals surface area contributed by atoms with E-state index < -0.39 is 12.1 Å². The molecule has 1 heterocycles. The van der Waals surface area contributed by atoms with Crippen LogP contribution in [0.15, 0.2) is 30.3 Å². The van der Waals surface area contributed by atoms with Gasteiger partial charge >= 0.3 is 6.09 Å².